The van der Waals surface area contributed by atoms with Crippen LogP contribution in [-0.2, 0) is 11.0 Å². The molecule has 1 saturated heterocycles. The van der Waals surface area contributed by atoms with Crippen LogP contribution in [0.25, 0.3) is 0 Å². The molecule has 2 N–H and O–H groups in total. The highest BCUT2D eigenvalue weighted by Crippen LogP contribution is 2.67. The zero-order chi connectivity index (χ0) is 24.2. The van der Waals surface area contributed by atoms with E-state index in [2.05, 4.69) is 58.9 Å². The molecule has 7 rings (SSSR count). The molecule has 7 heterocycles. The lowest BCUT2D eigenvalue weighted by Gasteiger charge is -2.46. The van der Waals surface area contributed by atoms with Gasteiger partial charge in [-0.25, -0.2) is 20.0 Å². The van der Waals surface area contributed by atoms with Crippen molar-refractivity contribution >= 4 is 28.7 Å². The highest BCUT2D eigenvalue weighted by Gasteiger charge is 2.74. The number of anilines is 1. The molecule has 0 bridgehead atoms. The van der Waals surface area contributed by atoms with Crippen molar-refractivity contribution in [2.75, 3.05) is 12.1 Å². The lowest BCUT2D eigenvalue weighted by molar-refractivity contribution is 0.241. The maximum Gasteiger partial charge on any atom is 0.313 e. The monoisotopic (exact) mass is 516 g/mol. The van der Waals surface area contributed by atoms with Crippen molar-refractivity contribution in [2.45, 2.75) is 17.0 Å². The Balaban J connectivity index is 1.72. The fourth-order valence-electron chi connectivity index (χ4n) is 5.81. The summed E-state index contributed by atoms with van der Waals surface area (Å²) in [4.78, 5) is 14.0. The number of likely N-dealkylation sites (N-methyl/N-ethyl adjacent to an activating group) is 1. The minimum Gasteiger partial charge on any atom is -0.431 e. The van der Waals surface area contributed by atoms with Gasteiger partial charge in [0.15, 0.2) is 5.54 Å². The molecule has 12 heteroatoms. The number of aromatic amines is 2. The Labute approximate surface area is 213 Å². The van der Waals surface area contributed by atoms with E-state index >= 15 is 0 Å². The largest absolute Gasteiger partial charge is 0.431 e. The summed E-state index contributed by atoms with van der Waals surface area (Å²) in [6.07, 6.45) is 10.3. The molecule has 0 amide bonds. The average Bonchev–Trinajstić information content (AvgIpc) is 3.75. The first-order valence-electron chi connectivity index (χ1n) is 11.2. The number of hydrogen-bond donors (Lipinski definition) is 2. The van der Waals surface area contributed by atoms with Crippen LogP contribution in [0.2, 0.25) is 0 Å². The number of H-pyrrole nitrogens is 2. The summed E-state index contributed by atoms with van der Waals surface area (Å²) in [5.41, 5.74) is 0.574. The van der Waals surface area contributed by atoms with Crippen molar-refractivity contribution in [2.24, 2.45) is 0 Å². The Morgan fingerprint density at radius 1 is 0.972 bits per heavy atom. The van der Waals surface area contributed by atoms with Gasteiger partial charge in [0.1, 0.15) is 34.7 Å². The van der Waals surface area contributed by atoms with Crippen LogP contribution < -0.4 is 5.01 Å². The number of hydrogen-bond acceptors (Lipinski definition) is 10. The van der Waals surface area contributed by atoms with Crippen molar-refractivity contribution in [1.29, 1.82) is 0 Å². The van der Waals surface area contributed by atoms with Gasteiger partial charge >= 0.3 is 6.01 Å². The molecule has 10 nitrogen and oxygen atoms in total. The maximum absolute atomic E-state index is 6.00. The predicted molar refractivity (Wildman–Crippen MR) is 133 cm³/mol. The zero-order valence-corrected chi connectivity index (χ0v) is 20.6. The molecule has 36 heavy (non-hydrogen) atoms. The molecule has 1 fully saturated rings. The Kier molecular flexibility index (Phi) is 4.74. The maximum atomic E-state index is 6.00. The highest BCUT2D eigenvalue weighted by atomic mass is 32.1. The fourth-order valence-corrected chi connectivity index (χ4v) is 7.66. The lowest BCUT2D eigenvalue weighted by Crippen LogP contribution is -2.57. The Bertz CT molecular complexity index is 1320. The normalized spacial score (nSPS) is 24.6. The zero-order valence-electron chi connectivity index (χ0n) is 19.0. The van der Waals surface area contributed by atoms with E-state index in [0.29, 0.717) is 6.01 Å². The fraction of sp³-hybridized carbons (Fsp3) is 0.167. The SMILES string of the molecule is CN1C(c2nccs2)C(c2ccon2)(c2cccs2)C(c2ccc[nH]2)(c2ccn[nH]2)N1c1ncco1. The molecule has 0 aliphatic carbocycles. The smallest absolute Gasteiger partial charge is 0.313 e. The molecular formula is C24H20N8O2S2. The first kappa shape index (κ1) is 21.3. The van der Waals surface area contributed by atoms with Gasteiger partial charge in [0.25, 0.3) is 0 Å². The van der Waals surface area contributed by atoms with Gasteiger partial charge in [-0.2, -0.15) is 5.10 Å². The van der Waals surface area contributed by atoms with Gasteiger partial charge in [-0.1, -0.05) is 11.2 Å². The predicted octanol–water partition coefficient (Wildman–Crippen LogP) is 4.57. The summed E-state index contributed by atoms with van der Waals surface area (Å²) >= 11 is 3.25. The average molecular weight is 517 g/mol. The van der Waals surface area contributed by atoms with Crippen LogP contribution in [0.1, 0.15) is 33.0 Å². The van der Waals surface area contributed by atoms with E-state index in [1.165, 1.54) is 0 Å². The summed E-state index contributed by atoms with van der Waals surface area (Å²) in [6.45, 7) is 0. The van der Waals surface area contributed by atoms with Crippen LogP contribution in [-0.4, -0.2) is 42.4 Å². The topological polar surface area (TPSA) is 116 Å². The van der Waals surface area contributed by atoms with E-state index in [4.69, 9.17) is 13.9 Å². The third-order valence-electron chi connectivity index (χ3n) is 6.90. The molecular weight excluding hydrogens is 496 g/mol. The number of aromatic nitrogens is 6. The summed E-state index contributed by atoms with van der Waals surface area (Å²) in [5, 5.41) is 21.5. The molecule has 0 saturated carbocycles. The first-order valence-corrected chi connectivity index (χ1v) is 13.0. The summed E-state index contributed by atoms with van der Waals surface area (Å²) in [6, 6.07) is 12.3. The number of thiazole rings is 1. The Hall–Kier alpha value is -4.00. The molecule has 180 valence electrons. The van der Waals surface area contributed by atoms with Gasteiger partial charge in [-0.3, -0.25) is 5.10 Å². The quantitative estimate of drug-likeness (QED) is 0.331. The van der Waals surface area contributed by atoms with Crippen molar-refractivity contribution in [1.82, 2.24) is 35.3 Å². The van der Waals surface area contributed by atoms with Crippen molar-refractivity contribution < 1.29 is 8.94 Å². The number of oxazole rings is 1. The summed E-state index contributed by atoms with van der Waals surface area (Å²) < 4.78 is 11.5. The Morgan fingerprint density at radius 2 is 1.94 bits per heavy atom. The number of nitrogens with one attached hydrogen (secondary N) is 2. The van der Waals surface area contributed by atoms with Crippen LogP contribution in [0.5, 0.6) is 0 Å². The van der Waals surface area contributed by atoms with Gasteiger partial charge in [0.05, 0.1) is 17.6 Å². The molecule has 3 atom stereocenters. The van der Waals surface area contributed by atoms with Gasteiger partial charge < -0.3 is 13.9 Å². The number of nitrogens with zero attached hydrogens (tertiary/aromatic N) is 6. The molecule has 3 unspecified atom stereocenters. The van der Waals surface area contributed by atoms with Gasteiger partial charge in [-0.05, 0) is 29.6 Å². The van der Waals surface area contributed by atoms with Gasteiger partial charge in [0, 0.05) is 42.0 Å². The Morgan fingerprint density at radius 3 is 2.58 bits per heavy atom. The van der Waals surface area contributed by atoms with Crippen molar-refractivity contribution in [3.8, 4) is 0 Å². The van der Waals surface area contributed by atoms with E-state index in [9.17, 15) is 0 Å². The van der Waals surface area contributed by atoms with Crippen LogP contribution >= 0.6 is 22.7 Å². The third kappa shape index (κ3) is 2.57. The first-order chi connectivity index (χ1) is 17.8. The van der Waals surface area contributed by atoms with Crippen molar-refractivity contribution in [3.05, 3.63) is 111 Å². The molecule has 1 aliphatic heterocycles. The second kappa shape index (κ2) is 8.01. The third-order valence-corrected chi connectivity index (χ3v) is 8.74. The van der Waals surface area contributed by atoms with Crippen molar-refractivity contribution in [3.63, 3.8) is 0 Å². The number of rotatable bonds is 6. The van der Waals surface area contributed by atoms with Crippen LogP contribution in [0.15, 0.2) is 93.4 Å². The second-order valence-corrected chi connectivity index (χ2v) is 10.3. The van der Waals surface area contributed by atoms with E-state index in [1.54, 1.807) is 47.6 Å². The van der Waals surface area contributed by atoms with E-state index in [1.807, 2.05) is 43.0 Å². The molecule has 0 aromatic carbocycles. The van der Waals surface area contributed by atoms with E-state index in [0.717, 1.165) is 27.0 Å². The van der Waals surface area contributed by atoms with Crippen LogP contribution in [0, 0.1) is 0 Å². The number of thiophene rings is 1. The molecule has 0 spiro atoms. The molecule has 6 aromatic heterocycles. The van der Waals surface area contributed by atoms with Gasteiger partial charge in [0.2, 0.25) is 0 Å². The molecule has 6 aromatic rings. The van der Waals surface area contributed by atoms with E-state index in [-0.39, 0.29) is 6.04 Å². The molecule has 0 radical (unpaired) electrons. The van der Waals surface area contributed by atoms with E-state index < -0.39 is 11.0 Å². The van der Waals surface area contributed by atoms with Gasteiger partial charge in [-0.15, -0.1) is 22.7 Å². The minimum atomic E-state index is -1.01. The molecule has 1 aliphatic rings. The van der Waals surface area contributed by atoms with Crippen LogP contribution in [0.3, 0.4) is 0 Å². The van der Waals surface area contributed by atoms with Crippen LogP contribution in [0.4, 0.5) is 6.01 Å². The highest BCUT2D eigenvalue weighted by molar-refractivity contribution is 7.10. The summed E-state index contributed by atoms with van der Waals surface area (Å²) in [5.74, 6) is 0. The lowest BCUT2D eigenvalue weighted by atomic mass is 9.60. The second-order valence-electron chi connectivity index (χ2n) is 8.41. The standard InChI is InChI=1S/C24H20N8O2S2/c1-31-20(21-26-11-15-36-21)23(16-7-12-34-30-16,19-5-3-14-35-19)24(17-4-2-8-25-17,18-6-9-28-29-18)32(31)22-27-10-13-33-22/h2-15,20,25H,1H3,(H,28,29). The minimum absolute atomic E-state index is 0.320. The number of hydrazine groups is 1. The summed E-state index contributed by atoms with van der Waals surface area (Å²) in [7, 11) is 2.03.